The van der Waals surface area contributed by atoms with Crippen LogP contribution in [0.3, 0.4) is 0 Å². The Morgan fingerprint density at radius 1 is 1.29 bits per heavy atom. The highest BCUT2D eigenvalue weighted by molar-refractivity contribution is 6.31. The van der Waals surface area contributed by atoms with Crippen LogP contribution in [-0.4, -0.2) is 11.4 Å². The largest absolute Gasteiger partial charge is 0.306 e. The predicted octanol–water partition coefficient (Wildman–Crippen LogP) is 4.37. The zero-order valence-electron chi connectivity index (χ0n) is 10.2. The third kappa shape index (κ3) is 3.84. The molecule has 1 aromatic rings. The summed E-state index contributed by atoms with van der Waals surface area (Å²) >= 11 is 12.0. The Bertz CT molecular complexity index is 356. The molecular weight excluding hydrogens is 260 g/mol. The van der Waals surface area contributed by atoms with Crippen molar-refractivity contribution in [2.45, 2.75) is 38.8 Å². The molecule has 0 fully saturated rings. The van der Waals surface area contributed by atoms with E-state index in [9.17, 15) is 4.39 Å². The Balaban J connectivity index is 2.72. The summed E-state index contributed by atoms with van der Waals surface area (Å²) in [7, 11) is 0. The first-order valence-corrected chi connectivity index (χ1v) is 6.73. The number of hydrogen-bond acceptors (Lipinski definition) is 1. The molecule has 1 nitrogen and oxygen atoms in total. The van der Waals surface area contributed by atoms with Crippen LogP contribution in [0.15, 0.2) is 18.2 Å². The molecular formula is C13H18Cl2FN. The molecule has 0 unspecified atom stereocenters. The molecule has 0 saturated heterocycles. The zero-order chi connectivity index (χ0) is 12.9. The van der Waals surface area contributed by atoms with Gasteiger partial charge in [-0.2, -0.15) is 0 Å². The lowest BCUT2D eigenvalue weighted by Gasteiger charge is -2.31. The smallest absolute Gasteiger partial charge is 0.124 e. The van der Waals surface area contributed by atoms with Crippen LogP contribution < -0.4 is 5.32 Å². The molecule has 1 N–H and O–H groups in total. The lowest BCUT2D eigenvalue weighted by Crippen LogP contribution is -2.45. The summed E-state index contributed by atoms with van der Waals surface area (Å²) < 4.78 is 12.9. The molecule has 0 saturated carbocycles. The maximum atomic E-state index is 12.9. The molecule has 0 aliphatic carbocycles. The second-order valence-electron chi connectivity index (χ2n) is 4.21. The summed E-state index contributed by atoms with van der Waals surface area (Å²) in [4.78, 5) is 0. The lowest BCUT2D eigenvalue weighted by molar-refractivity contribution is 0.334. The summed E-state index contributed by atoms with van der Waals surface area (Å²) in [6.45, 7) is 4.81. The number of hydrogen-bond donors (Lipinski definition) is 1. The standard InChI is InChI=1S/C13H18Cl2FN/c1-3-13(4-2,9-14)17-8-10-5-6-11(16)7-12(10)15/h5-7,17H,3-4,8-9H2,1-2H3. The van der Waals surface area contributed by atoms with Gasteiger partial charge >= 0.3 is 0 Å². The van der Waals surface area contributed by atoms with Crippen molar-refractivity contribution in [2.24, 2.45) is 0 Å². The highest BCUT2D eigenvalue weighted by Gasteiger charge is 2.24. The van der Waals surface area contributed by atoms with Gasteiger partial charge < -0.3 is 5.32 Å². The topological polar surface area (TPSA) is 12.0 Å². The van der Waals surface area contributed by atoms with Crippen LogP contribution in [0.25, 0.3) is 0 Å². The Labute approximate surface area is 112 Å². The highest BCUT2D eigenvalue weighted by atomic mass is 35.5. The van der Waals surface area contributed by atoms with Crippen molar-refractivity contribution in [3.8, 4) is 0 Å². The first-order valence-electron chi connectivity index (χ1n) is 5.82. The van der Waals surface area contributed by atoms with E-state index in [2.05, 4.69) is 19.2 Å². The summed E-state index contributed by atoms with van der Waals surface area (Å²) in [5.41, 5.74) is 0.823. The van der Waals surface area contributed by atoms with Gasteiger partial charge in [0.15, 0.2) is 0 Å². The molecule has 0 aromatic heterocycles. The van der Waals surface area contributed by atoms with Crippen molar-refractivity contribution in [3.63, 3.8) is 0 Å². The third-order valence-electron chi connectivity index (χ3n) is 3.28. The average Bonchev–Trinajstić information content (AvgIpc) is 2.33. The summed E-state index contributed by atoms with van der Waals surface area (Å²) in [5, 5.41) is 3.87. The second kappa shape index (κ2) is 6.58. The SMILES string of the molecule is CCC(CC)(CCl)NCc1ccc(F)cc1Cl. The number of alkyl halides is 1. The monoisotopic (exact) mass is 277 g/mol. The minimum Gasteiger partial charge on any atom is -0.306 e. The van der Waals surface area contributed by atoms with Crippen molar-refractivity contribution < 1.29 is 4.39 Å². The molecule has 0 atom stereocenters. The van der Waals surface area contributed by atoms with E-state index in [1.54, 1.807) is 6.07 Å². The van der Waals surface area contributed by atoms with Gasteiger partial charge in [0.2, 0.25) is 0 Å². The molecule has 0 spiro atoms. The van der Waals surface area contributed by atoms with E-state index in [0.717, 1.165) is 18.4 Å². The molecule has 0 bridgehead atoms. The maximum Gasteiger partial charge on any atom is 0.124 e. The van der Waals surface area contributed by atoms with E-state index >= 15 is 0 Å². The minimum atomic E-state index is -0.312. The Kier molecular flexibility index (Phi) is 5.71. The Hall–Kier alpha value is -0.310. The van der Waals surface area contributed by atoms with Crippen LogP contribution in [0.5, 0.6) is 0 Å². The van der Waals surface area contributed by atoms with Crippen LogP contribution in [0.1, 0.15) is 32.3 Å². The quantitative estimate of drug-likeness (QED) is 0.762. The highest BCUT2D eigenvalue weighted by Crippen LogP contribution is 2.21. The molecule has 0 aliphatic heterocycles. The van der Waals surface area contributed by atoms with Crippen LogP contribution in [-0.2, 0) is 6.54 Å². The van der Waals surface area contributed by atoms with Crippen LogP contribution in [0.4, 0.5) is 4.39 Å². The molecule has 4 heteroatoms. The van der Waals surface area contributed by atoms with Gasteiger partial charge in [0.05, 0.1) is 0 Å². The number of halogens is 3. The van der Waals surface area contributed by atoms with Gasteiger partial charge in [0.25, 0.3) is 0 Å². The fourth-order valence-electron chi connectivity index (χ4n) is 1.68. The third-order valence-corrected chi connectivity index (χ3v) is 4.14. The van der Waals surface area contributed by atoms with Crippen molar-refractivity contribution >= 4 is 23.2 Å². The maximum absolute atomic E-state index is 12.9. The van der Waals surface area contributed by atoms with Gasteiger partial charge in [-0.05, 0) is 30.5 Å². The normalized spacial score (nSPS) is 11.8. The molecule has 1 aromatic carbocycles. The van der Waals surface area contributed by atoms with Gasteiger partial charge in [-0.15, -0.1) is 11.6 Å². The lowest BCUT2D eigenvalue weighted by atomic mass is 9.95. The average molecular weight is 278 g/mol. The van der Waals surface area contributed by atoms with Crippen LogP contribution in [0.2, 0.25) is 5.02 Å². The van der Waals surface area contributed by atoms with Gasteiger partial charge in [0, 0.05) is 23.0 Å². The van der Waals surface area contributed by atoms with Crippen molar-refractivity contribution in [3.05, 3.63) is 34.6 Å². The predicted molar refractivity (Wildman–Crippen MR) is 72.3 cm³/mol. The molecule has 0 amide bonds. The number of rotatable bonds is 6. The molecule has 96 valence electrons. The van der Waals surface area contributed by atoms with Crippen molar-refractivity contribution in [1.82, 2.24) is 5.32 Å². The molecule has 0 aliphatic rings. The van der Waals surface area contributed by atoms with Gasteiger partial charge in [-0.1, -0.05) is 31.5 Å². The van der Waals surface area contributed by atoms with E-state index in [0.29, 0.717) is 17.4 Å². The summed E-state index contributed by atoms with van der Waals surface area (Å²) in [6, 6.07) is 4.46. The van der Waals surface area contributed by atoms with E-state index in [1.165, 1.54) is 12.1 Å². The Morgan fingerprint density at radius 3 is 2.41 bits per heavy atom. The van der Waals surface area contributed by atoms with Crippen molar-refractivity contribution in [2.75, 3.05) is 5.88 Å². The van der Waals surface area contributed by atoms with E-state index < -0.39 is 0 Å². The van der Waals surface area contributed by atoms with Gasteiger partial charge in [-0.25, -0.2) is 4.39 Å². The first-order chi connectivity index (χ1) is 8.06. The fourth-order valence-corrected chi connectivity index (χ4v) is 2.39. The number of nitrogens with one attached hydrogen (secondary N) is 1. The Morgan fingerprint density at radius 2 is 1.94 bits per heavy atom. The summed E-state index contributed by atoms with van der Waals surface area (Å²) in [5.74, 6) is 0.243. The molecule has 0 heterocycles. The molecule has 1 rings (SSSR count). The molecule has 17 heavy (non-hydrogen) atoms. The van der Waals surface area contributed by atoms with E-state index in [-0.39, 0.29) is 11.4 Å². The fraction of sp³-hybridized carbons (Fsp3) is 0.538. The van der Waals surface area contributed by atoms with Crippen molar-refractivity contribution in [1.29, 1.82) is 0 Å². The van der Waals surface area contributed by atoms with Crippen LogP contribution in [0, 0.1) is 5.82 Å². The van der Waals surface area contributed by atoms with E-state index in [1.807, 2.05) is 0 Å². The first kappa shape index (κ1) is 14.7. The zero-order valence-corrected chi connectivity index (χ0v) is 11.7. The molecule has 0 radical (unpaired) electrons. The number of benzene rings is 1. The minimum absolute atomic E-state index is 0.0702. The van der Waals surface area contributed by atoms with Gasteiger partial charge in [-0.3, -0.25) is 0 Å². The van der Waals surface area contributed by atoms with Gasteiger partial charge in [0.1, 0.15) is 5.82 Å². The van der Waals surface area contributed by atoms with E-state index in [4.69, 9.17) is 23.2 Å². The second-order valence-corrected chi connectivity index (χ2v) is 4.88. The van der Waals surface area contributed by atoms with Crippen LogP contribution >= 0.6 is 23.2 Å². The summed E-state index contributed by atoms with van der Waals surface area (Å²) in [6.07, 6.45) is 1.90.